The zero-order chi connectivity index (χ0) is 27.9. The minimum absolute atomic E-state index is 0.216. The summed E-state index contributed by atoms with van der Waals surface area (Å²) >= 11 is -2.02. The Kier molecular flexibility index (Phi) is 8.36. The van der Waals surface area contributed by atoms with Crippen LogP contribution in [-0.4, -0.2) is 24.2 Å². The summed E-state index contributed by atoms with van der Waals surface area (Å²) < 4.78 is 2.25. The first-order valence-corrected chi connectivity index (χ1v) is 18.3. The van der Waals surface area contributed by atoms with E-state index in [1.54, 1.807) is 0 Å². The van der Waals surface area contributed by atoms with E-state index in [2.05, 4.69) is 152 Å². The quantitative estimate of drug-likeness (QED) is 0.110. The Balaban J connectivity index is 1.78. The second kappa shape index (κ2) is 12.6. The Morgan fingerprint density at radius 2 is 0.707 bits per heavy atom. The van der Waals surface area contributed by atoms with Gasteiger partial charge in [0.2, 0.25) is 0 Å². The van der Waals surface area contributed by atoms with E-state index in [1.807, 2.05) is 30.3 Å². The fraction of sp³-hybridized carbons (Fsp3) is 0.0263. The Bertz CT molecular complexity index is 1540. The van der Waals surface area contributed by atoms with Crippen molar-refractivity contribution in [2.45, 2.75) is 4.56 Å². The summed E-state index contributed by atoms with van der Waals surface area (Å²) in [6.07, 6.45) is 0. The van der Waals surface area contributed by atoms with Gasteiger partial charge >= 0.3 is 249 Å². The molecule has 1 nitrogen and oxygen atoms in total. The standard InChI is InChI=1S/C38H31OPSe/c39-37(31-19-7-1-8-20-31)38(41(35-27-15-5-16-28-35)36-29-17-6-18-30-36)40(32-21-9-2-10-22-32,33-23-11-3-12-24-33)34-25-13-4-14-26-34/h1-30,38H/q+2. The zero-order valence-electron chi connectivity index (χ0n) is 22.7. The van der Waals surface area contributed by atoms with Gasteiger partial charge in [-0.15, -0.1) is 0 Å². The monoisotopic (exact) mass is 614 g/mol. The Hall–Kier alpha value is -4.06. The van der Waals surface area contributed by atoms with Gasteiger partial charge in [-0.05, 0) is 0 Å². The predicted octanol–water partition coefficient (Wildman–Crippen LogP) is 6.08. The number of rotatable bonds is 9. The molecule has 0 heterocycles. The molecule has 6 aromatic rings. The van der Waals surface area contributed by atoms with Crippen LogP contribution in [0, 0.1) is 0 Å². The van der Waals surface area contributed by atoms with E-state index in [1.165, 1.54) is 24.8 Å². The molecule has 0 aliphatic carbocycles. The maximum atomic E-state index is 15.4. The van der Waals surface area contributed by atoms with Crippen molar-refractivity contribution < 1.29 is 4.79 Å². The van der Waals surface area contributed by atoms with Crippen molar-refractivity contribution in [1.82, 2.24) is 0 Å². The van der Waals surface area contributed by atoms with Crippen molar-refractivity contribution in [1.29, 1.82) is 0 Å². The van der Waals surface area contributed by atoms with Gasteiger partial charge in [-0.25, -0.2) is 0 Å². The summed E-state index contributed by atoms with van der Waals surface area (Å²) in [7, 11) is -2.57. The molecule has 3 heteroatoms. The summed E-state index contributed by atoms with van der Waals surface area (Å²) in [6, 6.07) is 63.9. The molecule has 0 fully saturated rings. The van der Waals surface area contributed by atoms with Crippen LogP contribution in [0.15, 0.2) is 182 Å². The van der Waals surface area contributed by atoms with Crippen molar-refractivity contribution in [2.24, 2.45) is 0 Å². The number of hydrogen-bond donors (Lipinski definition) is 0. The van der Waals surface area contributed by atoms with E-state index >= 15 is 4.79 Å². The van der Waals surface area contributed by atoms with E-state index in [0.29, 0.717) is 0 Å². The van der Waals surface area contributed by atoms with Gasteiger partial charge in [-0.1, -0.05) is 0 Å². The third kappa shape index (κ3) is 5.35. The van der Waals surface area contributed by atoms with Crippen LogP contribution in [-0.2, 0) is 0 Å². The number of hydrogen-bond acceptors (Lipinski definition) is 1. The molecule has 1 unspecified atom stereocenters. The first-order chi connectivity index (χ1) is 20.3. The van der Waals surface area contributed by atoms with Crippen LogP contribution in [0.1, 0.15) is 10.4 Å². The zero-order valence-corrected chi connectivity index (χ0v) is 25.3. The van der Waals surface area contributed by atoms with Crippen molar-refractivity contribution in [2.75, 3.05) is 0 Å². The topological polar surface area (TPSA) is 17.1 Å². The molecule has 0 aromatic heterocycles. The van der Waals surface area contributed by atoms with E-state index in [-0.39, 0.29) is 10.3 Å². The van der Waals surface area contributed by atoms with Crippen LogP contribution in [0.3, 0.4) is 0 Å². The second-order valence-corrected chi connectivity index (χ2v) is 18.5. The van der Waals surface area contributed by atoms with Gasteiger partial charge in [0, 0.05) is 0 Å². The normalized spacial score (nSPS) is 12.1. The minimum atomic E-state index is -2.57. The second-order valence-electron chi connectivity index (χ2n) is 9.78. The molecule has 0 aliphatic heterocycles. The molecule has 0 saturated carbocycles. The summed E-state index contributed by atoms with van der Waals surface area (Å²) in [5.41, 5.74) is 0.769. The van der Waals surface area contributed by atoms with Crippen molar-refractivity contribution in [3.63, 3.8) is 0 Å². The third-order valence-corrected chi connectivity index (χ3v) is 19.4. The molecule has 41 heavy (non-hydrogen) atoms. The van der Waals surface area contributed by atoms with E-state index in [4.69, 9.17) is 0 Å². The first kappa shape index (κ1) is 27.1. The molecule has 0 spiro atoms. The van der Waals surface area contributed by atoms with Crippen molar-refractivity contribution >= 4 is 51.8 Å². The molecular weight excluding hydrogens is 582 g/mol. The summed E-state index contributed by atoms with van der Waals surface area (Å²) in [4.78, 5) is 15.4. The number of carbonyl (C=O) groups is 1. The average Bonchev–Trinajstić information content (AvgIpc) is 3.07. The molecule has 0 amide bonds. The van der Waals surface area contributed by atoms with Crippen molar-refractivity contribution in [3.05, 3.63) is 188 Å². The summed E-state index contributed by atoms with van der Waals surface area (Å²) in [5.74, 6) is 0.216. The van der Waals surface area contributed by atoms with Gasteiger partial charge < -0.3 is 0 Å². The fourth-order valence-corrected chi connectivity index (χ4v) is 19.8. The third-order valence-electron chi connectivity index (χ3n) is 7.34. The van der Waals surface area contributed by atoms with Crippen LogP contribution in [0.2, 0.25) is 0 Å². The van der Waals surface area contributed by atoms with Gasteiger partial charge in [0.05, 0.1) is 0 Å². The van der Waals surface area contributed by atoms with Gasteiger partial charge in [-0.2, -0.15) is 0 Å². The molecule has 0 bridgehead atoms. The molecular formula is C38H31OPSe+2. The molecule has 6 rings (SSSR count). The molecule has 0 radical (unpaired) electrons. The summed E-state index contributed by atoms with van der Waals surface area (Å²) in [6.45, 7) is 0. The summed E-state index contributed by atoms with van der Waals surface area (Å²) in [5, 5.41) is 3.69. The maximum absolute atomic E-state index is 15.4. The molecule has 1 atom stereocenters. The fourth-order valence-electron chi connectivity index (χ4n) is 5.56. The van der Waals surface area contributed by atoms with Gasteiger partial charge in [0.1, 0.15) is 0 Å². The first-order valence-electron chi connectivity index (χ1n) is 13.8. The van der Waals surface area contributed by atoms with Crippen molar-refractivity contribution in [3.8, 4) is 0 Å². The average molecular weight is 614 g/mol. The Labute approximate surface area is 247 Å². The molecule has 0 saturated heterocycles. The predicted molar refractivity (Wildman–Crippen MR) is 178 cm³/mol. The number of carbonyl (C=O) groups excluding carboxylic acids is 1. The number of Topliss-reactive ketones (excluding diaryl/α,β-unsaturated/α-hetero) is 1. The van der Waals surface area contributed by atoms with E-state index < -0.39 is 21.2 Å². The van der Waals surface area contributed by atoms with Gasteiger partial charge in [-0.3, -0.25) is 0 Å². The van der Waals surface area contributed by atoms with Gasteiger partial charge in [0.15, 0.2) is 0 Å². The Morgan fingerprint density at radius 3 is 1.05 bits per heavy atom. The van der Waals surface area contributed by atoms with E-state index in [0.717, 1.165) is 5.56 Å². The van der Waals surface area contributed by atoms with Crippen LogP contribution < -0.4 is 24.8 Å². The van der Waals surface area contributed by atoms with Crippen LogP contribution in [0.5, 0.6) is 0 Å². The number of benzene rings is 6. The van der Waals surface area contributed by atoms with E-state index in [9.17, 15) is 0 Å². The van der Waals surface area contributed by atoms with Gasteiger partial charge in [0.25, 0.3) is 0 Å². The molecule has 0 N–H and O–H groups in total. The van der Waals surface area contributed by atoms with Crippen LogP contribution in [0.25, 0.3) is 0 Å². The molecule has 6 aromatic carbocycles. The SMILES string of the molecule is O=C(c1ccccc1)C([Se+](c1ccccc1)c1ccccc1)[P+](c1ccccc1)(c1ccccc1)c1ccccc1. The molecule has 198 valence electrons. The van der Waals surface area contributed by atoms with Crippen LogP contribution in [0.4, 0.5) is 0 Å². The van der Waals surface area contributed by atoms with Crippen LogP contribution >= 0.6 is 7.26 Å². The number of ketones is 1. The Morgan fingerprint density at radius 1 is 0.415 bits per heavy atom. The molecule has 0 aliphatic rings.